The Hall–Kier alpha value is -3.71. The number of hydrogen-bond donors (Lipinski definition) is 1. The third-order valence-corrected chi connectivity index (χ3v) is 12.4. The van der Waals surface area contributed by atoms with E-state index in [1.54, 1.807) is 0 Å². The van der Waals surface area contributed by atoms with Crippen LogP contribution in [0, 0.1) is 0 Å². The van der Waals surface area contributed by atoms with Crippen molar-refractivity contribution in [2.75, 3.05) is 0 Å². The molecule has 39 heavy (non-hydrogen) atoms. The zero-order chi connectivity index (χ0) is 26.6. The summed E-state index contributed by atoms with van der Waals surface area (Å²) in [5.41, 5.74) is 9.80. The van der Waals surface area contributed by atoms with E-state index >= 15 is 0 Å². The molecule has 0 heterocycles. The van der Waals surface area contributed by atoms with Gasteiger partial charge in [-0.15, -0.1) is 0 Å². The highest BCUT2D eigenvalue weighted by Crippen LogP contribution is 2.73. The van der Waals surface area contributed by atoms with Crippen molar-refractivity contribution in [2.24, 2.45) is 5.73 Å². The third-order valence-electron chi connectivity index (χ3n) is 7.45. The Morgan fingerprint density at radius 2 is 0.949 bits per heavy atom. The highest BCUT2D eigenvalue weighted by Gasteiger charge is 2.68. The number of primary amides is 1. The maximum Gasteiger partial charge on any atom is 0.271 e. The number of rotatable bonds is 8. The molecule has 1 amide bonds. The lowest BCUT2D eigenvalue weighted by Gasteiger charge is -2.44. The van der Waals surface area contributed by atoms with Crippen LogP contribution >= 0.6 is 7.26 Å². The van der Waals surface area contributed by atoms with E-state index in [0.29, 0.717) is 0 Å². The van der Waals surface area contributed by atoms with Crippen molar-refractivity contribution >= 4 is 29.1 Å². The lowest BCUT2D eigenvalue weighted by atomic mass is 9.83. The molecule has 0 aliphatic heterocycles. The standard InChI is InChI=1S/C35H32NOP.ClH/c1-27(2)32-25-15-16-26-33(32)35(34(36)37,28-17-7-3-8-18-28)38(29-19-9-4-10-20-29,30-21-11-5-12-22-30)31-23-13-6-14-24-31;/h3-27H,1-2H3,(H-,36,37);1H. The number of amides is 1. The minimum Gasteiger partial charge on any atom is -1.00 e. The van der Waals surface area contributed by atoms with E-state index < -0.39 is 12.4 Å². The molecule has 5 aromatic rings. The molecule has 0 bridgehead atoms. The van der Waals surface area contributed by atoms with Crippen molar-refractivity contribution in [3.8, 4) is 0 Å². The molecule has 5 aromatic carbocycles. The lowest BCUT2D eigenvalue weighted by molar-refractivity contribution is -0.119. The van der Waals surface area contributed by atoms with Crippen LogP contribution in [-0.2, 0) is 9.95 Å². The Labute approximate surface area is 238 Å². The zero-order valence-electron chi connectivity index (χ0n) is 22.2. The summed E-state index contributed by atoms with van der Waals surface area (Å²) in [5.74, 6) is -0.153. The largest absolute Gasteiger partial charge is 1.00 e. The van der Waals surface area contributed by atoms with Crippen LogP contribution in [-0.4, -0.2) is 5.91 Å². The van der Waals surface area contributed by atoms with Gasteiger partial charge in [-0.2, -0.15) is 0 Å². The van der Waals surface area contributed by atoms with Crippen molar-refractivity contribution in [3.63, 3.8) is 0 Å². The Balaban J connectivity index is 0.00000353. The molecule has 0 aromatic heterocycles. The Morgan fingerprint density at radius 3 is 1.33 bits per heavy atom. The molecule has 2 nitrogen and oxygen atoms in total. The second kappa shape index (κ2) is 12.0. The summed E-state index contributed by atoms with van der Waals surface area (Å²) in [5, 5.41) is 2.16. The van der Waals surface area contributed by atoms with Crippen molar-refractivity contribution in [1.29, 1.82) is 0 Å². The first kappa shape index (κ1) is 28.3. The molecule has 5 rings (SSSR count). The van der Waals surface area contributed by atoms with Crippen molar-refractivity contribution in [2.45, 2.75) is 24.9 Å². The Morgan fingerprint density at radius 1 is 0.590 bits per heavy atom. The summed E-state index contributed by atoms with van der Waals surface area (Å²) in [7, 11) is -2.84. The van der Waals surface area contributed by atoms with Gasteiger partial charge in [0.05, 0.1) is 0 Å². The quantitative estimate of drug-likeness (QED) is 0.296. The summed E-state index contributed by atoms with van der Waals surface area (Å²) in [6, 6.07) is 50.1. The van der Waals surface area contributed by atoms with Crippen LogP contribution in [0.3, 0.4) is 0 Å². The fraction of sp³-hybridized carbons (Fsp3) is 0.114. The first-order chi connectivity index (χ1) is 18.5. The molecule has 0 spiro atoms. The van der Waals surface area contributed by atoms with E-state index in [9.17, 15) is 4.79 Å². The van der Waals surface area contributed by atoms with Crippen molar-refractivity contribution < 1.29 is 17.2 Å². The van der Waals surface area contributed by atoms with E-state index in [-0.39, 0.29) is 24.2 Å². The predicted octanol–water partition coefficient (Wildman–Crippen LogP) is 3.54. The van der Waals surface area contributed by atoms with Crippen LogP contribution in [0.2, 0.25) is 0 Å². The van der Waals surface area contributed by atoms with Gasteiger partial charge in [0.15, 0.2) is 0 Å². The van der Waals surface area contributed by atoms with E-state index in [0.717, 1.165) is 32.6 Å². The molecule has 1 atom stereocenters. The normalized spacial score (nSPS) is 12.8. The van der Waals surface area contributed by atoms with E-state index in [4.69, 9.17) is 5.73 Å². The fourth-order valence-corrected chi connectivity index (χ4v) is 11.3. The fourth-order valence-electron chi connectivity index (χ4n) is 5.96. The number of nitrogens with two attached hydrogens (primary N) is 1. The molecule has 0 aliphatic carbocycles. The number of carbonyl (C=O) groups excluding carboxylic acids is 1. The molecule has 196 valence electrons. The van der Waals surface area contributed by atoms with Gasteiger partial charge in [-0.25, -0.2) is 0 Å². The molecule has 0 radical (unpaired) electrons. The third kappa shape index (κ3) is 4.59. The van der Waals surface area contributed by atoms with Crippen LogP contribution in [0.4, 0.5) is 0 Å². The molecular formula is C35H33ClNOP. The molecule has 2 N–H and O–H groups in total. The second-order valence-electron chi connectivity index (χ2n) is 9.86. The topological polar surface area (TPSA) is 43.1 Å². The highest BCUT2D eigenvalue weighted by molar-refractivity contribution is 7.97. The second-order valence-corrected chi connectivity index (χ2v) is 13.4. The first-order valence-corrected chi connectivity index (χ1v) is 14.8. The van der Waals surface area contributed by atoms with Gasteiger partial charge in [0.25, 0.3) is 5.91 Å². The Kier molecular flexibility index (Phi) is 8.70. The Bertz CT molecular complexity index is 1410. The summed E-state index contributed by atoms with van der Waals surface area (Å²) in [6.45, 7) is 4.37. The highest BCUT2D eigenvalue weighted by atomic mass is 35.5. The monoisotopic (exact) mass is 549 g/mol. The van der Waals surface area contributed by atoms with Crippen LogP contribution in [0.15, 0.2) is 146 Å². The average molecular weight is 550 g/mol. The minimum absolute atomic E-state index is 0. The van der Waals surface area contributed by atoms with E-state index in [1.165, 1.54) is 0 Å². The first-order valence-electron chi connectivity index (χ1n) is 13.1. The number of carbonyl (C=O) groups is 1. The molecule has 4 heteroatoms. The maximum atomic E-state index is 14.6. The molecule has 0 fully saturated rings. The average Bonchev–Trinajstić information content (AvgIpc) is 2.97. The van der Waals surface area contributed by atoms with Gasteiger partial charge in [0, 0.05) is 11.1 Å². The summed E-state index contributed by atoms with van der Waals surface area (Å²) in [4.78, 5) is 14.6. The molecule has 0 saturated heterocycles. The van der Waals surface area contributed by atoms with Gasteiger partial charge in [-0.1, -0.05) is 123 Å². The van der Waals surface area contributed by atoms with Gasteiger partial charge in [-0.05, 0) is 47.9 Å². The van der Waals surface area contributed by atoms with Crippen LogP contribution in [0.1, 0.15) is 36.5 Å². The SMILES string of the molecule is CC(C)c1ccccc1C(C(N)=O)(c1ccccc1)[P+](c1ccccc1)(c1ccccc1)c1ccccc1.[Cl-]. The summed E-state index contributed by atoms with van der Waals surface area (Å²) < 4.78 is 0. The number of hydrogen-bond acceptors (Lipinski definition) is 1. The smallest absolute Gasteiger partial charge is 0.271 e. The zero-order valence-corrected chi connectivity index (χ0v) is 23.9. The lowest BCUT2D eigenvalue weighted by Crippen LogP contribution is -3.00. The minimum atomic E-state index is -2.84. The maximum absolute atomic E-state index is 14.6. The van der Waals surface area contributed by atoms with Crippen LogP contribution in [0.5, 0.6) is 0 Å². The van der Waals surface area contributed by atoms with Gasteiger partial charge in [-0.3, -0.25) is 4.79 Å². The number of halogens is 1. The van der Waals surface area contributed by atoms with Gasteiger partial charge in [0.2, 0.25) is 5.16 Å². The molecule has 0 saturated carbocycles. The van der Waals surface area contributed by atoms with Crippen LogP contribution < -0.4 is 34.1 Å². The van der Waals surface area contributed by atoms with Crippen molar-refractivity contribution in [3.05, 3.63) is 162 Å². The number of benzene rings is 5. The van der Waals surface area contributed by atoms with Gasteiger partial charge >= 0.3 is 0 Å². The summed E-state index contributed by atoms with van der Waals surface area (Å²) >= 11 is 0. The van der Waals surface area contributed by atoms with E-state index in [1.807, 2.05) is 42.5 Å². The van der Waals surface area contributed by atoms with Gasteiger partial charge < -0.3 is 18.1 Å². The predicted molar refractivity (Wildman–Crippen MR) is 162 cm³/mol. The van der Waals surface area contributed by atoms with Gasteiger partial charge in [0.1, 0.15) is 23.2 Å². The van der Waals surface area contributed by atoms with E-state index in [2.05, 4.69) is 117 Å². The van der Waals surface area contributed by atoms with Crippen LogP contribution in [0.25, 0.3) is 0 Å². The summed E-state index contributed by atoms with van der Waals surface area (Å²) in [6.07, 6.45) is 0. The van der Waals surface area contributed by atoms with Crippen molar-refractivity contribution in [1.82, 2.24) is 0 Å². The molecule has 1 unspecified atom stereocenters. The molecular weight excluding hydrogens is 517 g/mol. The molecule has 0 aliphatic rings.